The van der Waals surface area contributed by atoms with Crippen LogP contribution in [0.5, 0.6) is 11.6 Å². The second kappa shape index (κ2) is 9.61. The first kappa shape index (κ1) is 21.6. The average molecular weight is 412 g/mol. The number of piperidine rings is 1. The van der Waals surface area contributed by atoms with Gasteiger partial charge in [0.1, 0.15) is 5.75 Å². The molecule has 160 valence electrons. The van der Waals surface area contributed by atoms with Crippen molar-refractivity contribution >= 4 is 11.8 Å². The predicted octanol–water partition coefficient (Wildman–Crippen LogP) is 4.33. The first-order valence-corrected chi connectivity index (χ1v) is 10.2. The fourth-order valence-electron chi connectivity index (χ4n) is 3.66. The molecule has 1 aliphatic heterocycles. The maximum Gasteiger partial charge on any atom is 0.308 e. The number of pyridine rings is 1. The normalized spacial score (nSPS) is 15.4. The molecule has 0 bridgehead atoms. The minimum absolute atomic E-state index is 0.106. The number of amidine groups is 1. The van der Waals surface area contributed by atoms with E-state index in [1.807, 2.05) is 30.0 Å². The highest BCUT2D eigenvalue weighted by Gasteiger charge is 2.28. The summed E-state index contributed by atoms with van der Waals surface area (Å²) >= 11 is 0. The van der Waals surface area contributed by atoms with Gasteiger partial charge < -0.3 is 19.6 Å². The summed E-state index contributed by atoms with van der Waals surface area (Å²) in [7, 11) is 1.41. The van der Waals surface area contributed by atoms with Crippen LogP contribution in [0.4, 0.5) is 0 Å². The molecule has 1 N–H and O–H groups in total. The van der Waals surface area contributed by atoms with E-state index in [9.17, 15) is 10.0 Å². The number of hydrogen-bond donors (Lipinski definition) is 1. The summed E-state index contributed by atoms with van der Waals surface area (Å²) in [5.41, 5.74) is 3.04. The first-order chi connectivity index (χ1) is 14.4. The van der Waals surface area contributed by atoms with Crippen LogP contribution in [0.2, 0.25) is 0 Å². The summed E-state index contributed by atoms with van der Waals surface area (Å²) in [5.74, 6) is 1.78. The number of hydrogen-bond acceptors (Lipinski definition) is 6. The maximum absolute atomic E-state index is 11.7. The van der Waals surface area contributed by atoms with Gasteiger partial charge in [0, 0.05) is 30.9 Å². The summed E-state index contributed by atoms with van der Waals surface area (Å²) < 4.78 is 10.8. The van der Waals surface area contributed by atoms with Gasteiger partial charge in [0.05, 0.1) is 13.0 Å². The van der Waals surface area contributed by atoms with Crippen molar-refractivity contribution in [3.63, 3.8) is 0 Å². The number of benzene rings is 1. The maximum atomic E-state index is 11.7. The largest absolute Gasteiger partial charge is 0.469 e. The molecule has 0 unspecified atom stereocenters. The van der Waals surface area contributed by atoms with Crippen molar-refractivity contribution in [1.29, 1.82) is 0 Å². The van der Waals surface area contributed by atoms with Gasteiger partial charge in [-0.15, -0.1) is 0 Å². The van der Waals surface area contributed by atoms with Crippen LogP contribution in [0, 0.1) is 12.8 Å². The Kier molecular flexibility index (Phi) is 6.92. The molecule has 1 aromatic carbocycles. The van der Waals surface area contributed by atoms with Crippen LogP contribution in [0.25, 0.3) is 0 Å². The number of carbonyl (C=O) groups is 1. The lowest BCUT2D eigenvalue weighted by molar-refractivity contribution is -0.146. The van der Waals surface area contributed by atoms with Gasteiger partial charge in [-0.1, -0.05) is 25.1 Å². The summed E-state index contributed by atoms with van der Waals surface area (Å²) in [6.07, 6.45) is 2.95. The average Bonchev–Trinajstić information content (AvgIpc) is 2.75. The zero-order valence-corrected chi connectivity index (χ0v) is 18.0. The highest BCUT2D eigenvalue weighted by Crippen LogP contribution is 2.27. The van der Waals surface area contributed by atoms with Gasteiger partial charge in [0.2, 0.25) is 5.88 Å². The second-order valence-corrected chi connectivity index (χ2v) is 7.93. The monoisotopic (exact) mass is 411 g/mol. The summed E-state index contributed by atoms with van der Waals surface area (Å²) in [4.78, 5) is 18.0. The van der Waals surface area contributed by atoms with Crippen LogP contribution in [-0.4, -0.2) is 47.1 Å². The number of nitrogens with zero attached hydrogens (tertiary/aromatic N) is 3. The molecule has 0 aliphatic carbocycles. The molecule has 3 rings (SSSR count). The first-order valence-electron chi connectivity index (χ1n) is 10.2. The highest BCUT2D eigenvalue weighted by atomic mass is 16.5. The molecular formula is C23H29N3O4. The Morgan fingerprint density at radius 3 is 2.53 bits per heavy atom. The Hall–Kier alpha value is -3.09. The van der Waals surface area contributed by atoms with E-state index < -0.39 is 0 Å². The van der Waals surface area contributed by atoms with Crippen molar-refractivity contribution in [3.8, 4) is 11.6 Å². The lowest BCUT2D eigenvalue weighted by Crippen LogP contribution is -2.41. The Bertz CT molecular complexity index is 901. The van der Waals surface area contributed by atoms with Crippen molar-refractivity contribution in [2.75, 3.05) is 20.2 Å². The number of methoxy groups -OCH3 is 1. The van der Waals surface area contributed by atoms with Crippen molar-refractivity contribution in [2.45, 2.75) is 39.5 Å². The zero-order chi connectivity index (χ0) is 21.7. The van der Waals surface area contributed by atoms with Crippen molar-refractivity contribution < 1.29 is 19.5 Å². The fourth-order valence-corrected chi connectivity index (χ4v) is 3.66. The molecule has 1 fully saturated rings. The molecule has 0 amide bonds. The van der Waals surface area contributed by atoms with E-state index in [1.54, 1.807) is 12.3 Å². The van der Waals surface area contributed by atoms with Crippen molar-refractivity contribution in [1.82, 2.24) is 9.88 Å². The van der Waals surface area contributed by atoms with E-state index >= 15 is 0 Å². The third kappa shape index (κ3) is 5.09. The van der Waals surface area contributed by atoms with Gasteiger partial charge in [-0.25, -0.2) is 4.98 Å². The number of likely N-dealkylation sites (tertiary alicyclic amines) is 1. The molecule has 1 saturated heterocycles. The van der Waals surface area contributed by atoms with Crippen LogP contribution in [0.15, 0.2) is 41.7 Å². The Labute approximate surface area is 177 Å². The zero-order valence-electron chi connectivity index (χ0n) is 18.0. The van der Waals surface area contributed by atoms with Crippen LogP contribution >= 0.6 is 0 Å². The molecule has 30 heavy (non-hydrogen) atoms. The Morgan fingerprint density at radius 1 is 1.23 bits per heavy atom. The van der Waals surface area contributed by atoms with E-state index in [-0.39, 0.29) is 11.9 Å². The van der Waals surface area contributed by atoms with Gasteiger partial charge in [-0.05, 0) is 55.0 Å². The van der Waals surface area contributed by atoms with Crippen LogP contribution in [0.1, 0.15) is 49.3 Å². The number of aryl methyl sites for hydroxylation is 1. The van der Waals surface area contributed by atoms with E-state index in [4.69, 9.17) is 9.47 Å². The van der Waals surface area contributed by atoms with Crippen molar-refractivity contribution in [2.24, 2.45) is 11.1 Å². The summed E-state index contributed by atoms with van der Waals surface area (Å²) in [6.45, 7) is 7.56. The van der Waals surface area contributed by atoms with Gasteiger partial charge in [0.25, 0.3) is 0 Å². The molecule has 0 saturated carbocycles. The molecule has 1 aromatic heterocycles. The SMILES string of the molecule is COC(=O)C1CCN(/C(=N\O)c2ccc(Oc3cc(C)cc(C(C)C)c3)nc2)CC1. The molecular weight excluding hydrogens is 382 g/mol. The van der Waals surface area contributed by atoms with Gasteiger partial charge >= 0.3 is 5.97 Å². The molecule has 0 atom stereocenters. The number of ether oxygens (including phenoxy) is 2. The summed E-state index contributed by atoms with van der Waals surface area (Å²) in [5, 5.41) is 13.0. The molecule has 0 radical (unpaired) electrons. The Balaban J connectivity index is 1.68. The van der Waals surface area contributed by atoms with E-state index in [0.29, 0.717) is 49.1 Å². The molecule has 2 aromatic rings. The number of esters is 1. The minimum Gasteiger partial charge on any atom is -0.469 e. The fraction of sp³-hybridized carbons (Fsp3) is 0.435. The predicted molar refractivity (Wildman–Crippen MR) is 114 cm³/mol. The number of aromatic nitrogens is 1. The van der Waals surface area contributed by atoms with Crippen molar-refractivity contribution in [3.05, 3.63) is 53.2 Å². The topological polar surface area (TPSA) is 84.2 Å². The standard InChI is InChI=1S/C23H29N3O4/c1-15(2)19-11-16(3)12-20(13-19)30-21-6-5-18(14-24-21)22(25-28)26-9-7-17(8-10-26)23(27)29-4/h5-6,11-15,17,28H,7-10H2,1-4H3/b25-22-. The Morgan fingerprint density at radius 2 is 1.97 bits per heavy atom. The smallest absolute Gasteiger partial charge is 0.308 e. The minimum atomic E-state index is -0.183. The lowest BCUT2D eigenvalue weighted by atomic mass is 9.96. The molecule has 1 aliphatic rings. The van der Waals surface area contributed by atoms with E-state index in [1.165, 1.54) is 12.7 Å². The number of oxime groups is 1. The number of rotatable bonds is 5. The third-order valence-corrected chi connectivity index (χ3v) is 5.38. The van der Waals surface area contributed by atoms with E-state index in [2.05, 4.69) is 30.1 Å². The molecule has 2 heterocycles. The van der Waals surface area contributed by atoms with Crippen LogP contribution in [0.3, 0.4) is 0 Å². The molecule has 7 nitrogen and oxygen atoms in total. The van der Waals surface area contributed by atoms with Crippen LogP contribution in [-0.2, 0) is 9.53 Å². The lowest BCUT2D eigenvalue weighted by Gasteiger charge is -2.32. The van der Waals surface area contributed by atoms with Gasteiger partial charge in [-0.2, -0.15) is 0 Å². The molecule has 7 heteroatoms. The number of carbonyl (C=O) groups excluding carboxylic acids is 1. The van der Waals surface area contributed by atoms with Crippen LogP contribution < -0.4 is 4.74 Å². The second-order valence-electron chi connectivity index (χ2n) is 7.93. The summed E-state index contributed by atoms with van der Waals surface area (Å²) in [6, 6.07) is 9.75. The quantitative estimate of drug-likeness (QED) is 0.259. The third-order valence-electron chi connectivity index (χ3n) is 5.38. The van der Waals surface area contributed by atoms with Gasteiger partial charge in [0.15, 0.2) is 5.84 Å². The molecule has 0 spiro atoms. The van der Waals surface area contributed by atoms with E-state index in [0.717, 1.165) is 11.3 Å². The van der Waals surface area contributed by atoms with Gasteiger partial charge in [-0.3, -0.25) is 4.79 Å². The highest BCUT2D eigenvalue weighted by molar-refractivity contribution is 5.98.